The minimum Gasteiger partial charge on any atom is -0.379 e. The first-order chi connectivity index (χ1) is 8.81. The Morgan fingerprint density at radius 2 is 2.06 bits per heavy atom. The van der Waals surface area contributed by atoms with Crippen molar-refractivity contribution in [2.24, 2.45) is 0 Å². The molecular formula is C13H19N3O2. The van der Waals surface area contributed by atoms with Crippen LogP contribution in [0.5, 0.6) is 0 Å². The number of hydrogen-bond donors (Lipinski definition) is 0. The maximum Gasteiger partial charge on any atom is 0.225 e. The van der Waals surface area contributed by atoms with E-state index in [2.05, 4.69) is 14.9 Å². The molecule has 0 N–H and O–H groups in total. The summed E-state index contributed by atoms with van der Waals surface area (Å²) in [5.41, 5.74) is 0.0337. The number of anilines is 1. The van der Waals surface area contributed by atoms with Gasteiger partial charge in [-0.05, 0) is 18.9 Å². The Morgan fingerprint density at radius 3 is 2.67 bits per heavy atom. The average Bonchev–Trinajstić information content (AvgIpc) is 2.84. The highest BCUT2D eigenvalue weighted by atomic mass is 16.6. The monoisotopic (exact) mass is 249 g/mol. The third-order valence-electron chi connectivity index (χ3n) is 4.02. The molecule has 0 aliphatic carbocycles. The third kappa shape index (κ3) is 2.20. The van der Waals surface area contributed by atoms with Crippen LogP contribution in [0.15, 0.2) is 18.5 Å². The molecule has 5 heteroatoms. The van der Waals surface area contributed by atoms with Gasteiger partial charge in [0, 0.05) is 39.0 Å². The predicted octanol–water partition coefficient (Wildman–Crippen LogP) is 1.25. The van der Waals surface area contributed by atoms with Crippen molar-refractivity contribution in [1.29, 1.82) is 0 Å². The lowest BCUT2D eigenvalue weighted by atomic mass is 9.88. The normalized spacial score (nSPS) is 26.7. The largest absolute Gasteiger partial charge is 0.379 e. The molecule has 1 spiro atoms. The predicted molar refractivity (Wildman–Crippen MR) is 67.6 cm³/mol. The third-order valence-corrected chi connectivity index (χ3v) is 4.02. The van der Waals surface area contributed by atoms with E-state index in [4.69, 9.17) is 9.47 Å². The van der Waals surface area contributed by atoms with Gasteiger partial charge >= 0.3 is 0 Å². The Kier molecular flexibility index (Phi) is 3.18. The number of methoxy groups -OCH3 is 1. The van der Waals surface area contributed by atoms with Gasteiger partial charge in [0.1, 0.15) is 0 Å². The molecule has 2 aliphatic heterocycles. The van der Waals surface area contributed by atoms with E-state index >= 15 is 0 Å². The van der Waals surface area contributed by atoms with E-state index < -0.39 is 0 Å². The second kappa shape index (κ2) is 4.82. The summed E-state index contributed by atoms with van der Waals surface area (Å²) in [6, 6.07) is 1.85. The van der Waals surface area contributed by atoms with Crippen LogP contribution in [0.2, 0.25) is 0 Å². The second-order valence-electron chi connectivity index (χ2n) is 5.09. The summed E-state index contributed by atoms with van der Waals surface area (Å²) in [6.07, 6.45) is 6.94. The molecule has 98 valence electrons. The van der Waals surface area contributed by atoms with Crippen LogP contribution in [0.25, 0.3) is 0 Å². The molecule has 0 saturated carbocycles. The molecule has 5 nitrogen and oxygen atoms in total. The standard InChI is InChI=1S/C13H19N3O2/c1-17-11-9-13(18-10-11)3-7-16(8-4-13)12-14-5-2-6-15-12/h2,5-6,11H,3-4,7-10H2,1H3/t11-/m1/s1. The first-order valence-corrected chi connectivity index (χ1v) is 6.50. The maximum atomic E-state index is 5.98. The van der Waals surface area contributed by atoms with Gasteiger partial charge in [-0.2, -0.15) is 0 Å². The molecule has 0 aromatic carbocycles. The van der Waals surface area contributed by atoms with Gasteiger partial charge in [0.25, 0.3) is 0 Å². The van der Waals surface area contributed by atoms with Gasteiger partial charge in [-0.25, -0.2) is 9.97 Å². The zero-order chi connectivity index (χ0) is 12.4. The lowest BCUT2D eigenvalue weighted by Crippen LogP contribution is -2.44. The van der Waals surface area contributed by atoms with Crippen LogP contribution < -0.4 is 4.90 Å². The minimum absolute atomic E-state index is 0.0337. The average molecular weight is 249 g/mol. The topological polar surface area (TPSA) is 47.5 Å². The van der Waals surface area contributed by atoms with Gasteiger partial charge in [-0.15, -0.1) is 0 Å². The Hall–Kier alpha value is -1.20. The summed E-state index contributed by atoms with van der Waals surface area (Å²) in [5, 5.41) is 0. The molecule has 1 aromatic heterocycles. The van der Waals surface area contributed by atoms with E-state index in [1.807, 2.05) is 6.07 Å². The molecule has 3 heterocycles. The molecule has 18 heavy (non-hydrogen) atoms. The summed E-state index contributed by atoms with van der Waals surface area (Å²) in [6.45, 7) is 2.65. The highest BCUT2D eigenvalue weighted by Gasteiger charge is 2.43. The number of piperidine rings is 1. The van der Waals surface area contributed by atoms with Crippen LogP contribution in [-0.2, 0) is 9.47 Å². The van der Waals surface area contributed by atoms with E-state index in [9.17, 15) is 0 Å². The number of hydrogen-bond acceptors (Lipinski definition) is 5. The molecular weight excluding hydrogens is 230 g/mol. The van der Waals surface area contributed by atoms with Crippen molar-refractivity contribution < 1.29 is 9.47 Å². The fourth-order valence-corrected chi connectivity index (χ4v) is 2.87. The number of ether oxygens (including phenoxy) is 2. The summed E-state index contributed by atoms with van der Waals surface area (Å²) in [7, 11) is 1.76. The summed E-state index contributed by atoms with van der Waals surface area (Å²) in [4.78, 5) is 10.8. The van der Waals surface area contributed by atoms with E-state index in [1.54, 1.807) is 19.5 Å². The molecule has 1 atom stereocenters. The maximum absolute atomic E-state index is 5.98. The fraction of sp³-hybridized carbons (Fsp3) is 0.692. The minimum atomic E-state index is 0.0337. The lowest BCUT2D eigenvalue weighted by Gasteiger charge is -2.38. The smallest absolute Gasteiger partial charge is 0.225 e. The molecule has 2 saturated heterocycles. The molecule has 1 aromatic rings. The summed E-state index contributed by atoms with van der Waals surface area (Å²) >= 11 is 0. The van der Waals surface area contributed by atoms with Crippen LogP contribution in [0.4, 0.5) is 5.95 Å². The molecule has 0 amide bonds. The van der Waals surface area contributed by atoms with Gasteiger partial charge < -0.3 is 14.4 Å². The van der Waals surface area contributed by atoms with E-state index in [-0.39, 0.29) is 11.7 Å². The van der Waals surface area contributed by atoms with Crippen molar-refractivity contribution in [3.05, 3.63) is 18.5 Å². The SMILES string of the molecule is CO[C@H]1COC2(CCN(c3ncccn3)CC2)C1. The van der Waals surface area contributed by atoms with Crippen molar-refractivity contribution in [3.8, 4) is 0 Å². The van der Waals surface area contributed by atoms with Crippen molar-refractivity contribution in [3.63, 3.8) is 0 Å². The second-order valence-corrected chi connectivity index (χ2v) is 5.09. The number of rotatable bonds is 2. The first-order valence-electron chi connectivity index (χ1n) is 6.50. The Morgan fingerprint density at radius 1 is 1.33 bits per heavy atom. The Balaban J connectivity index is 1.62. The molecule has 2 fully saturated rings. The van der Waals surface area contributed by atoms with Gasteiger partial charge in [0.2, 0.25) is 5.95 Å². The van der Waals surface area contributed by atoms with Crippen LogP contribution in [0, 0.1) is 0 Å². The van der Waals surface area contributed by atoms with Crippen molar-refractivity contribution in [2.75, 3.05) is 31.7 Å². The van der Waals surface area contributed by atoms with Gasteiger partial charge in [-0.3, -0.25) is 0 Å². The van der Waals surface area contributed by atoms with E-state index in [0.29, 0.717) is 0 Å². The van der Waals surface area contributed by atoms with Crippen LogP contribution in [0.3, 0.4) is 0 Å². The molecule has 0 unspecified atom stereocenters. The highest BCUT2D eigenvalue weighted by molar-refractivity contribution is 5.29. The summed E-state index contributed by atoms with van der Waals surface area (Å²) in [5.74, 6) is 0.827. The van der Waals surface area contributed by atoms with Crippen LogP contribution in [0.1, 0.15) is 19.3 Å². The number of nitrogens with zero attached hydrogens (tertiary/aromatic N) is 3. The van der Waals surface area contributed by atoms with Crippen LogP contribution in [-0.4, -0.2) is 48.5 Å². The first kappa shape index (κ1) is 11.9. The quantitative estimate of drug-likeness (QED) is 0.789. The zero-order valence-electron chi connectivity index (χ0n) is 10.7. The van der Waals surface area contributed by atoms with E-state index in [0.717, 1.165) is 44.9 Å². The van der Waals surface area contributed by atoms with Crippen molar-refractivity contribution in [2.45, 2.75) is 31.0 Å². The van der Waals surface area contributed by atoms with Gasteiger partial charge in [0.05, 0.1) is 18.3 Å². The molecule has 3 rings (SSSR count). The van der Waals surface area contributed by atoms with Crippen LogP contribution >= 0.6 is 0 Å². The number of aromatic nitrogens is 2. The summed E-state index contributed by atoms with van der Waals surface area (Å²) < 4.78 is 11.4. The molecule has 0 radical (unpaired) electrons. The zero-order valence-corrected chi connectivity index (χ0v) is 10.7. The van der Waals surface area contributed by atoms with Gasteiger partial charge in [0.15, 0.2) is 0 Å². The van der Waals surface area contributed by atoms with E-state index in [1.165, 1.54) is 0 Å². The molecule has 0 bridgehead atoms. The fourth-order valence-electron chi connectivity index (χ4n) is 2.87. The van der Waals surface area contributed by atoms with Crippen molar-refractivity contribution in [1.82, 2.24) is 9.97 Å². The molecule has 2 aliphatic rings. The van der Waals surface area contributed by atoms with Gasteiger partial charge in [-0.1, -0.05) is 0 Å². The van der Waals surface area contributed by atoms with Crippen molar-refractivity contribution >= 4 is 5.95 Å². The highest BCUT2D eigenvalue weighted by Crippen LogP contribution is 2.37. The Bertz CT molecular complexity index is 390. The Labute approximate surface area is 107 Å². The lowest BCUT2D eigenvalue weighted by molar-refractivity contribution is -0.0178.